The minimum Gasteiger partial charge on any atom is -0.309 e. The van der Waals surface area contributed by atoms with Gasteiger partial charge in [0.15, 0.2) is 0 Å². The number of rotatable bonds is 3. The first-order chi connectivity index (χ1) is 24.3. The van der Waals surface area contributed by atoms with E-state index in [1.807, 2.05) is 17.4 Å². The van der Waals surface area contributed by atoms with Gasteiger partial charge < -0.3 is 4.57 Å². The van der Waals surface area contributed by atoms with E-state index in [1.54, 1.807) is 0 Å². The van der Waals surface area contributed by atoms with Crippen LogP contribution in [0.25, 0.3) is 97.6 Å². The van der Waals surface area contributed by atoms with Crippen LogP contribution in [0.3, 0.4) is 0 Å². The van der Waals surface area contributed by atoms with Gasteiger partial charge in [0, 0.05) is 58.4 Å². The molecule has 4 nitrogen and oxygen atoms in total. The Kier molecular flexibility index (Phi) is 5.51. The molecule has 4 heterocycles. The maximum Gasteiger partial charge on any atom is 0.235 e. The van der Waals surface area contributed by atoms with Crippen molar-refractivity contribution in [3.05, 3.63) is 158 Å². The van der Waals surface area contributed by atoms with Crippen molar-refractivity contribution in [2.45, 2.75) is 0 Å². The molecule has 0 atom stereocenters. The van der Waals surface area contributed by atoms with Crippen LogP contribution in [0.1, 0.15) is 0 Å². The number of hydrogen-bond donors (Lipinski definition) is 0. The van der Waals surface area contributed by atoms with Crippen LogP contribution in [0.15, 0.2) is 158 Å². The largest absolute Gasteiger partial charge is 0.309 e. The fraction of sp³-hybridized carbons (Fsp3) is 0. The van der Waals surface area contributed by atoms with E-state index >= 15 is 0 Å². The predicted octanol–water partition coefficient (Wildman–Crippen LogP) is 11.9. The minimum atomic E-state index is 0.666. The van der Waals surface area contributed by atoms with Gasteiger partial charge in [0.05, 0.1) is 33.3 Å². The highest BCUT2D eigenvalue weighted by Crippen LogP contribution is 2.45. The standard InChI is InChI=1S/C44H26N4S/c1-3-13-27(14-4-1)42-32-19-7-10-20-35(32)45-44(46-42)48-37-24-23-31-30-18-9-12-22-40(30)49-43(31)41(37)34-25-33-29-17-8-11-21-36(29)47(38(33)26-39(34)48)28-15-5-2-6-16-28/h1-26H. The second-order valence-corrected chi connectivity index (χ2v) is 13.7. The summed E-state index contributed by atoms with van der Waals surface area (Å²) in [4.78, 5) is 10.7. The van der Waals surface area contributed by atoms with Crippen LogP contribution in [0, 0.1) is 0 Å². The summed E-state index contributed by atoms with van der Waals surface area (Å²) in [6, 6.07) is 56.3. The lowest BCUT2D eigenvalue weighted by Gasteiger charge is -2.12. The first-order valence-electron chi connectivity index (χ1n) is 16.5. The minimum absolute atomic E-state index is 0.666. The van der Waals surface area contributed by atoms with Crippen LogP contribution in [-0.2, 0) is 0 Å². The number of thiophene rings is 1. The molecule has 11 rings (SSSR count). The lowest BCUT2D eigenvalue weighted by Crippen LogP contribution is -2.03. The number of nitrogens with zero attached hydrogens (tertiary/aromatic N) is 4. The summed E-state index contributed by atoms with van der Waals surface area (Å²) >= 11 is 1.87. The Hall–Kier alpha value is -6.30. The van der Waals surface area contributed by atoms with Gasteiger partial charge in [-0.15, -0.1) is 11.3 Å². The third kappa shape index (κ3) is 3.79. The molecule has 0 amide bonds. The summed E-state index contributed by atoms with van der Waals surface area (Å²) < 4.78 is 7.26. The Labute approximate surface area is 284 Å². The van der Waals surface area contributed by atoms with E-state index in [9.17, 15) is 0 Å². The van der Waals surface area contributed by atoms with Gasteiger partial charge in [-0.05, 0) is 48.5 Å². The first kappa shape index (κ1) is 26.7. The van der Waals surface area contributed by atoms with Crippen molar-refractivity contribution >= 4 is 86.0 Å². The second kappa shape index (κ2) is 10.1. The molecular weight excluding hydrogens is 617 g/mol. The molecule has 0 spiro atoms. The number of para-hydroxylation sites is 3. The van der Waals surface area contributed by atoms with Gasteiger partial charge in [0.25, 0.3) is 0 Å². The number of fused-ring (bicyclic) bond motifs is 11. The third-order valence-corrected chi connectivity index (χ3v) is 11.1. The molecule has 0 saturated heterocycles. The second-order valence-electron chi connectivity index (χ2n) is 12.6. The van der Waals surface area contributed by atoms with Crippen LogP contribution in [0.5, 0.6) is 0 Å². The van der Waals surface area contributed by atoms with E-state index < -0.39 is 0 Å². The van der Waals surface area contributed by atoms with Gasteiger partial charge >= 0.3 is 0 Å². The van der Waals surface area contributed by atoms with Crippen molar-refractivity contribution in [3.63, 3.8) is 0 Å². The van der Waals surface area contributed by atoms with Crippen molar-refractivity contribution in [1.82, 2.24) is 19.1 Å². The van der Waals surface area contributed by atoms with E-state index in [2.05, 4.69) is 161 Å². The Balaban J connectivity index is 1.35. The number of hydrogen-bond acceptors (Lipinski definition) is 3. The summed E-state index contributed by atoms with van der Waals surface area (Å²) in [6.07, 6.45) is 0. The monoisotopic (exact) mass is 642 g/mol. The molecule has 5 heteroatoms. The van der Waals surface area contributed by atoms with Crippen LogP contribution in [0.2, 0.25) is 0 Å². The van der Waals surface area contributed by atoms with Gasteiger partial charge in [-0.25, -0.2) is 9.97 Å². The highest BCUT2D eigenvalue weighted by Gasteiger charge is 2.23. The van der Waals surface area contributed by atoms with Crippen molar-refractivity contribution in [3.8, 4) is 22.9 Å². The molecule has 11 aromatic rings. The quantitative estimate of drug-likeness (QED) is 0.192. The fourth-order valence-electron chi connectivity index (χ4n) is 7.80. The van der Waals surface area contributed by atoms with E-state index in [1.165, 1.54) is 47.2 Å². The Morgan fingerprint density at radius 3 is 1.98 bits per heavy atom. The SMILES string of the molecule is c1ccc(-c2nc(-n3c4cc5c(cc4c4c6sc7ccccc7c6ccc43)c3ccccc3n5-c3ccccc3)nc3ccccc23)cc1. The van der Waals surface area contributed by atoms with Gasteiger partial charge in [0.2, 0.25) is 5.95 Å². The molecule has 49 heavy (non-hydrogen) atoms. The zero-order valence-corrected chi connectivity index (χ0v) is 27.0. The molecule has 0 aliphatic carbocycles. The summed E-state index contributed by atoms with van der Waals surface area (Å²) in [5.41, 5.74) is 8.58. The molecule has 0 radical (unpaired) electrons. The Bertz CT molecular complexity index is 3100. The van der Waals surface area contributed by atoms with E-state index in [0.717, 1.165) is 44.4 Å². The van der Waals surface area contributed by atoms with Crippen LogP contribution < -0.4 is 0 Å². The fourth-order valence-corrected chi connectivity index (χ4v) is 9.05. The topological polar surface area (TPSA) is 35.6 Å². The highest BCUT2D eigenvalue weighted by atomic mass is 32.1. The Morgan fingerprint density at radius 2 is 1.12 bits per heavy atom. The summed E-state index contributed by atoms with van der Waals surface area (Å²) in [5.74, 6) is 0.666. The average molecular weight is 643 g/mol. The summed E-state index contributed by atoms with van der Waals surface area (Å²) in [5, 5.41) is 8.52. The first-order valence-corrected chi connectivity index (χ1v) is 17.3. The molecular formula is C44H26N4S. The zero-order chi connectivity index (χ0) is 32.1. The Morgan fingerprint density at radius 1 is 0.429 bits per heavy atom. The molecule has 228 valence electrons. The smallest absolute Gasteiger partial charge is 0.235 e. The van der Waals surface area contributed by atoms with Crippen LogP contribution >= 0.6 is 11.3 Å². The van der Waals surface area contributed by atoms with Crippen molar-refractivity contribution in [2.24, 2.45) is 0 Å². The predicted molar refractivity (Wildman–Crippen MR) is 207 cm³/mol. The molecule has 0 bridgehead atoms. The van der Waals surface area contributed by atoms with Gasteiger partial charge in [-0.3, -0.25) is 4.57 Å². The number of aromatic nitrogens is 4. The summed E-state index contributed by atoms with van der Waals surface area (Å²) in [7, 11) is 0. The average Bonchev–Trinajstić information content (AvgIpc) is 3.81. The van der Waals surface area contributed by atoms with Crippen molar-refractivity contribution < 1.29 is 0 Å². The van der Waals surface area contributed by atoms with Crippen LogP contribution in [0.4, 0.5) is 0 Å². The van der Waals surface area contributed by atoms with Crippen molar-refractivity contribution in [1.29, 1.82) is 0 Å². The lowest BCUT2D eigenvalue weighted by molar-refractivity contribution is 1.01. The maximum atomic E-state index is 5.39. The third-order valence-electron chi connectivity index (χ3n) is 9.92. The van der Waals surface area contributed by atoms with Gasteiger partial charge in [-0.2, -0.15) is 0 Å². The van der Waals surface area contributed by atoms with Crippen LogP contribution in [-0.4, -0.2) is 19.1 Å². The normalized spacial score (nSPS) is 12.1. The highest BCUT2D eigenvalue weighted by molar-refractivity contribution is 7.26. The maximum absolute atomic E-state index is 5.39. The molecule has 0 unspecified atom stereocenters. The van der Waals surface area contributed by atoms with E-state index in [-0.39, 0.29) is 0 Å². The number of benzene rings is 7. The molecule has 0 saturated carbocycles. The van der Waals surface area contributed by atoms with Gasteiger partial charge in [0.1, 0.15) is 0 Å². The van der Waals surface area contributed by atoms with Gasteiger partial charge in [-0.1, -0.05) is 109 Å². The molecule has 0 fully saturated rings. The zero-order valence-electron chi connectivity index (χ0n) is 26.2. The molecule has 0 aliphatic rings. The lowest BCUT2D eigenvalue weighted by atomic mass is 10.1. The van der Waals surface area contributed by atoms with E-state index in [4.69, 9.17) is 9.97 Å². The molecule has 0 N–H and O–H groups in total. The molecule has 0 aliphatic heterocycles. The molecule has 4 aromatic heterocycles. The summed E-state index contributed by atoms with van der Waals surface area (Å²) in [6.45, 7) is 0. The molecule has 7 aromatic carbocycles. The van der Waals surface area contributed by atoms with Crippen molar-refractivity contribution in [2.75, 3.05) is 0 Å². The van der Waals surface area contributed by atoms with E-state index in [0.29, 0.717) is 5.95 Å².